The van der Waals surface area contributed by atoms with Gasteiger partial charge in [0, 0.05) is 13.7 Å². The summed E-state index contributed by atoms with van der Waals surface area (Å²) in [5.74, 6) is 0.108. The molecule has 1 saturated heterocycles. The highest BCUT2D eigenvalue weighted by Crippen LogP contribution is 2.21. The molecule has 1 fully saturated rings. The summed E-state index contributed by atoms with van der Waals surface area (Å²) >= 11 is 0. The molecule has 94 valence electrons. The SMILES string of the molecule is CCN(C(=O)[C@@H]1CC[C@H](C)O1)[C@H](C)COC. The Kier molecular flexibility index (Phi) is 5.22. The number of likely N-dealkylation sites (N-methyl/N-ethyl adjacent to an activating group) is 1. The molecule has 0 aliphatic carbocycles. The van der Waals surface area contributed by atoms with E-state index < -0.39 is 0 Å². The Morgan fingerprint density at radius 2 is 2.25 bits per heavy atom. The average molecular weight is 229 g/mol. The van der Waals surface area contributed by atoms with Crippen molar-refractivity contribution in [3.63, 3.8) is 0 Å². The lowest BCUT2D eigenvalue weighted by Gasteiger charge is -2.29. The van der Waals surface area contributed by atoms with Crippen molar-refractivity contribution < 1.29 is 14.3 Å². The molecule has 1 heterocycles. The zero-order chi connectivity index (χ0) is 12.1. The topological polar surface area (TPSA) is 38.8 Å². The van der Waals surface area contributed by atoms with Gasteiger partial charge in [0.2, 0.25) is 0 Å². The van der Waals surface area contributed by atoms with E-state index in [9.17, 15) is 4.79 Å². The minimum Gasteiger partial charge on any atom is -0.383 e. The van der Waals surface area contributed by atoms with Crippen LogP contribution in [-0.2, 0) is 14.3 Å². The number of amides is 1. The van der Waals surface area contributed by atoms with Crippen LogP contribution in [0.1, 0.15) is 33.6 Å². The second-order valence-corrected chi connectivity index (χ2v) is 4.44. The summed E-state index contributed by atoms with van der Waals surface area (Å²) < 4.78 is 10.7. The zero-order valence-corrected chi connectivity index (χ0v) is 10.7. The van der Waals surface area contributed by atoms with E-state index in [0.717, 1.165) is 12.8 Å². The van der Waals surface area contributed by atoms with Gasteiger partial charge in [0.05, 0.1) is 18.8 Å². The maximum absolute atomic E-state index is 12.2. The lowest BCUT2D eigenvalue weighted by atomic mass is 10.1. The molecule has 0 saturated carbocycles. The van der Waals surface area contributed by atoms with Crippen LogP contribution in [0.4, 0.5) is 0 Å². The quantitative estimate of drug-likeness (QED) is 0.716. The van der Waals surface area contributed by atoms with Crippen molar-refractivity contribution in [1.82, 2.24) is 4.90 Å². The molecule has 0 unspecified atom stereocenters. The maximum Gasteiger partial charge on any atom is 0.252 e. The van der Waals surface area contributed by atoms with Crippen molar-refractivity contribution in [2.45, 2.75) is 51.9 Å². The Hall–Kier alpha value is -0.610. The fraction of sp³-hybridized carbons (Fsp3) is 0.917. The normalized spacial score (nSPS) is 26.8. The summed E-state index contributed by atoms with van der Waals surface area (Å²) in [7, 11) is 1.66. The Morgan fingerprint density at radius 3 is 2.69 bits per heavy atom. The molecule has 16 heavy (non-hydrogen) atoms. The van der Waals surface area contributed by atoms with Gasteiger partial charge in [-0.25, -0.2) is 0 Å². The maximum atomic E-state index is 12.2. The molecule has 1 amide bonds. The zero-order valence-electron chi connectivity index (χ0n) is 10.7. The number of hydrogen-bond acceptors (Lipinski definition) is 3. The molecule has 1 aliphatic rings. The van der Waals surface area contributed by atoms with Crippen LogP contribution in [0.5, 0.6) is 0 Å². The highest BCUT2D eigenvalue weighted by atomic mass is 16.5. The molecule has 0 spiro atoms. The number of hydrogen-bond donors (Lipinski definition) is 0. The molecule has 1 aliphatic heterocycles. The standard InChI is InChI=1S/C12H23NO3/c1-5-13(9(2)8-15-4)12(14)11-7-6-10(3)16-11/h9-11H,5-8H2,1-4H3/t9-,10+,11+/m1/s1. The first-order chi connectivity index (χ1) is 7.60. The van der Waals surface area contributed by atoms with E-state index in [2.05, 4.69) is 0 Å². The van der Waals surface area contributed by atoms with Crippen molar-refractivity contribution in [1.29, 1.82) is 0 Å². The van der Waals surface area contributed by atoms with Crippen LogP contribution in [-0.4, -0.2) is 49.3 Å². The van der Waals surface area contributed by atoms with E-state index in [-0.39, 0.29) is 24.2 Å². The summed E-state index contributed by atoms with van der Waals surface area (Å²) in [6.07, 6.45) is 1.79. The minimum absolute atomic E-state index is 0.108. The number of methoxy groups -OCH3 is 1. The van der Waals surface area contributed by atoms with Crippen LogP contribution >= 0.6 is 0 Å². The van der Waals surface area contributed by atoms with Gasteiger partial charge in [0.25, 0.3) is 5.91 Å². The minimum atomic E-state index is -0.241. The highest BCUT2D eigenvalue weighted by Gasteiger charge is 2.32. The first kappa shape index (κ1) is 13.5. The van der Waals surface area contributed by atoms with Crippen molar-refractivity contribution in [3.8, 4) is 0 Å². The summed E-state index contributed by atoms with van der Waals surface area (Å²) in [6, 6.07) is 0.113. The van der Waals surface area contributed by atoms with Gasteiger partial charge in [-0.15, -0.1) is 0 Å². The number of nitrogens with zero attached hydrogens (tertiary/aromatic N) is 1. The Labute approximate surface area is 97.9 Å². The fourth-order valence-electron chi connectivity index (χ4n) is 2.19. The number of ether oxygens (including phenoxy) is 2. The fourth-order valence-corrected chi connectivity index (χ4v) is 2.19. The monoisotopic (exact) mass is 229 g/mol. The molecule has 0 aromatic heterocycles. The van der Waals surface area contributed by atoms with Gasteiger partial charge in [-0.2, -0.15) is 0 Å². The van der Waals surface area contributed by atoms with E-state index in [1.165, 1.54) is 0 Å². The average Bonchev–Trinajstić information content (AvgIpc) is 2.66. The van der Waals surface area contributed by atoms with E-state index in [1.807, 2.05) is 25.7 Å². The molecule has 0 aromatic rings. The lowest BCUT2D eigenvalue weighted by molar-refractivity contribution is -0.145. The molecule has 1 rings (SSSR count). The summed E-state index contributed by atoms with van der Waals surface area (Å²) in [6.45, 7) is 7.29. The molecular formula is C12H23NO3. The summed E-state index contributed by atoms with van der Waals surface area (Å²) in [5, 5.41) is 0. The molecule has 0 N–H and O–H groups in total. The predicted molar refractivity (Wildman–Crippen MR) is 62.3 cm³/mol. The van der Waals surface area contributed by atoms with Crippen LogP contribution in [0.3, 0.4) is 0 Å². The van der Waals surface area contributed by atoms with Gasteiger partial charge in [-0.05, 0) is 33.6 Å². The third kappa shape index (κ3) is 3.19. The van der Waals surface area contributed by atoms with Crippen LogP contribution < -0.4 is 0 Å². The number of carbonyl (C=O) groups excluding carboxylic acids is 1. The van der Waals surface area contributed by atoms with E-state index >= 15 is 0 Å². The first-order valence-electron chi connectivity index (χ1n) is 6.05. The second kappa shape index (κ2) is 6.21. The second-order valence-electron chi connectivity index (χ2n) is 4.44. The van der Waals surface area contributed by atoms with Crippen LogP contribution in [0.15, 0.2) is 0 Å². The lowest BCUT2D eigenvalue weighted by Crippen LogP contribution is -2.46. The number of carbonyl (C=O) groups is 1. The Bertz CT molecular complexity index is 232. The molecule has 0 aromatic carbocycles. The summed E-state index contributed by atoms with van der Waals surface area (Å²) in [4.78, 5) is 14.0. The van der Waals surface area contributed by atoms with Gasteiger partial charge in [0.1, 0.15) is 6.10 Å². The van der Waals surface area contributed by atoms with Gasteiger partial charge >= 0.3 is 0 Å². The Balaban J connectivity index is 2.55. The van der Waals surface area contributed by atoms with Crippen molar-refractivity contribution in [3.05, 3.63) is 0 Å². The van der Waals surface area contributed by atoms with Gasteiger partial charge in [0.15, 0.2) is 0 Å². The van der Waals surface area contributed by atoms with Gasteiger partial charge in [-0.1, -0.05) is 0 Å². The smallest absolute Gasteiger partial charge is 0.252 e. The molecule has 0 radical (unpaired) electrons. The van der Waals surface area contributed by atoms with Crippen LogP contribution in [0.25, 0.3) is 0 Å². The number of rotatable bonds is 5. The molecule has 4 nitrogen and oxygen atoms in total. The molecule has 3 atom stereocenters. The molecule has 0 bridgehead atoms. The third-order valence-corrected chi connectivity index (χ3v) is 3.07. The van der Waals surface area contributed by atoms with E-state index in [4.69, 9.17) is 9.47 Å². The largest absolute Gasteiger partial charge is 0.383 e. The molecule has 4 heteroatoms. The van der Waals surface area contributed by atoms with Crippen LogP contribution in [0, 0.1) is 0 Å². The predicted octanol–water partition coefficient (Wildman–Crippen LogP) is 1.44. The van der Waals surface area contributed by atoms with E-state index in [0.29, 0.717) is 13.2 Å². The summed E-state index contributed by atoms with van der Waals surface area (Å²) in [5.41, 5.74) is 0. The van der Waals surface area contributed by atoms with Crippen molar-refractivity contribution in [2.75, 3.05) is 20.3 Å². The van der Waals surface area contributed by atoms with Gasteiger partial charge < -0.3 is 14.4 Å². The first-order valence-corrected chi connectivity index (χ1v) is 6.05. The van der Waals surface area contributed by atoms with Crippen LogP contribution in [0.2, 0.25) is 0 Å². The Morgan fingerprint density at radius 1 is 1.56 bits per heavy atom. The highest BCUT2D eigenvalue weighted by molar-refractivity contribution is 5.81. The third-order valence-electron chi connectivity index (χ3n) is 3.07. The van der Waals surface area contributed by atoms with Gasteiger partial charge in [-0.3, -0.25) is 4.79 Å². The van der Waals surface area contributed by atoms with E-state index in [1.54, 1.807) is 7.11 Å². The van der Waals surface area contributed by atoms with Crippen molar-refractivity contribution in [2.24, 2.45) is 0 Å². The molecular weight excluding hydrogens is 206 g/mol. The van der Waals surface area contributed by atoms with Crippen molar-refractivity contribution >= 4 is 5.91 Å².